The van der Waals surface area contributed by atoms with Gasteiger partial charge in [0.15, 0.2) is 0 Å². The fraction of sp³-hybridized carbons (Fsp3) is 0.538. The predicted molar refractivity (Wildman–Crippen MR) is 130 cm³/mol. The van der Waals surface area contributed by atoms with E-state index >= 15 is 0 Å². The smallest absolute Gasteiger partial charge is 0.230 e. The Morgan fingerprint density at radius 3 is 2.70 bits per heavy atom. The summed E-state index contributed by atoms with van der Waals surface area (Å²) in [7, 11) is 0. The molecule has 33 heavy (non-hydrogen) atoms. The van der Waals surface area contributed by atoms with Crippen molar-refractivity contribution in [3.8, 4) is 0 Å². The van der Waals surface area contributed by atoms with Crippen molar-refractivity contribution in [2.45, 2.75) is 58.3 Å². The number of benzene rings is 1. The molecule has 0 bridgehead atoms. The second-order valence-electron chi connectivity index (χ2n) is 9.52. The Morgan fingerprint density at radius 1 is 1.15 bits per heavy atom. The number of carbonyl (C=O) groups is 1. The Morgan fingerprint density at radius 2 is 1.94 bits per heavy atom. The van der Waals surface area contributed by atoms with Gasteiger partial charge in [0, 0.05) is 36.5 Å². The average molecular weight is 451 g/mol. The molecule has 0 spiro atoms. The number of nitrogens with one attached hydrogen (secondary N) is 1. The molecule has 1 N–H and O–H groups in total. The van der Waals surface area contributed by atoms with E-state index in [1.54, 1.807) is 6.20 Å². The Kier molecular flexibility index (Phi) is 6.51. The number of hydrogen-bond acceptors (Lipinski definition) is 6. The molecule has 7 nitrogen and oxygen atoms in total. The fourth-order valence-electron chi connectivity index (χ4n) is 5.18. The van der Waals surface area contributed by atoms with Gasteiger partial charge in [-0.15, -0.1) is 0 Å². The summed E-state index contributed by atoms with van der Waals surface area (Å²) in [6.07, 6.45) is 5.93. The van der Waals surface area contributed by atoms with Gasteiger partial charge in [0.25, 0.3) is 0 Å². The molecule has 1 aliphatic carbocycles. The minimum absolute atomic E-state index is 0.0233. The van der Waals surface area contributed by atoms with E-state index in [2.05, 4.69) is 53.3 Å². The Labute approximate surface area is 196 Å². The van der Waals surface area contributed by atoms with E-state index < -0.39 is 0 Å². The first kappa shape index (κ1) is 22.2. The third-order valence-electron chi connectivity index (χ3n) is 6.88. The molecule has 1 amide bonds. The van der Waals surface area contributed by atoms with Crippen molar-refractivity contribution in [3.05, 3.63) is 42.1 Å². The van der Waals surface area contributed by atoms with Crippen molar-refractivity contribution in [2.24, 2.45) is 5.92 Å². The van der Waals surface area contributed by atoms with Crippen molar-refractivity contribution in [1.82, 2.24) is 4.98 Å². The SMILES string of the molecule is CC(C)OC1CCC(C(=O)N2Cc3cccnc3Nc3ccc(N4CCOCC4)cc32)CC1. The molecule has 1 aromatic heterocycles. The number of amides is 1. The van der Waals surface area contributed by atoms with Gasteiger partial charge in [-0.05, 0) is 63.8 Å². The maximum atomic E-state index is 13.9. The first-order chi connectivity index (χ1) is 16.1. The second-order valence-corrected chi connectivity index (χ2v) is 9.52. The summed E-state index contributed by atoms with van der Waals surface area (Å²) in [4.78, 5) is 22.8. The predicted octanol–water partition coefficient (Wildman–Crippen LogP) is 4.49. The molecule has 3 aliphatic rings. The number of anilines is 4. The molecule has 0 unspecified atom stereocenters. The minimum Gasteiger partial charge on any atom is -0.378 e. The van der Waals surface area contributed by atoms with E-state index in [9.17, 15) is 4.79 Å². The molecule has 2 aromatic rings. The van der Waals surface area contributed by atoms with Crippen LogP contribution in [-0.2, 0) is 20.8 Å². The first-order valence-corrected chi connectivity index (χ1v) is 12.2. The maximum absolute atomic E-state index is 13.9. The lowest BCUT2D eigenvalue weighted by molar-refractivity contribution is -0.124. The first-order valence-electron chi connectivity index (χ1n) is 12.2. The standard InChI is InChI=1S/C26H34N4O3/c1-18(2)33-22-8-5-19(6-9-22)26(31)30-17-20-4-3-11-27-25(20)28-23-10-7-21(16-24(23)30)29-12-14-32-15-13-29/h3-4,7,10-11,16,18-19,22H,5-6,8-9,12-15,17H2,1-2H3,(H,27,28). The van der Waals surface area contributed by atoms with E-state index in [0.29, 0.717) is 6.54 Å². The van der Waals surface area contributed by atoms with Crippen molar-refractivity contribution in [3.63, 3.8) is 0 Å². The largest absolute Gasteiger partial charge is 0.378 e. The number of pyridine rings is 1. The number of morpholine rings is 1. The van der Waals surface area contributed by atoms with Gasteiger partial charge >= 0.3 is 0 Å². The molecule has 7 heteroatoms. The van der Waals surface area contributed by atoms with Crippen LogP contribution in [0.1, 0.15) is 45.1 Å². The quantitative estimate of drug-likeness (QED) is 0.740. The molecule has 0 atom stereocenters. The van der Waals surface area contributed by atoms with Gasteiger partial charge in [0.2, 0.25) is 5.91 Å². The van der Waals surface area contributed by atoms with Crippen LogP contribution in [0.3, 0.4) is 0 Å². The molecule has 5 rings (SSSR count). The highest BCUT2D eigenvalue weighted by Gasteiger charge is 2.33. The number of aromatic nitrogens is 1. The Balaban J connectivity index is 1.43. The number of fused-ring (bicyclic) bond motifs is 2. The van der Waals surface area contributed by atoms with Crippen molar-refractivity contribution in [1.29, 1.82) is 0 Å². The average Bonchev–Trinajstić information content (AvgIpc) is 3.00. The van der Waals surface area contributed by atoms with Gasteiger partial charge in [-0.1, -0.05) is 6.07 Å². The molecule has 1 aromatic carbocycles. The van der Waals surface area contributed by atoms with Crippen molar-refractivity contribution >= 4 is 28.8 Å². The van der Waals surface area contributed by atoms with E-state index in [-0.39, 0.29) is 24.0 Å². The van der Waals surface area contributed by atoms with Crippen LogP contribution in [0.2, 0.25) is 0 Å². The van der Waals surface area contributed by atoms with Crippen LogP contribution in [-0.4, -0.2) is 49.4 Å². The zero-order valence-corrected chi connectivity index (χ0v) is 19.6. The van der Waals surface area contributed by atoms with Crippen molar-refractivity contribution < 1.29 is 14.3 Å². The molecule has 2 aliphatic heterocycles. The van der Waals surface area contributed by atoms with Gasteiger partial charge in [-0.2, -0.15) is 0 Å². The van der Waals surface area contributed by atoms with Gasteiger partial charge in [-0.3, -0.25) is 4.79 Å². The summed E-state index contributed by atoms with van der Waals surface area (Å²) < 4.78 is 11.5. The maximum Gasteiger partial charge on any atom is 0.230 e. The number of carbonyl (C=O) groups excluding carboxylic acids is 1. The number of rotatable bonds is 4. The van der Waals surface area contributed by atoms with Crippen LogP contribution in [0.5, 0.6) is 0 Å². The fourth-order valence-corrected chi connectivity index (χ4v) is 5.18. The van der Waals surface area contributed by atoms with E-state index in [0.717, 1.165) is 80.4 Å². The lowest BCUT2D eigenvalue weighted by Crippen LogP contribution is -2.39. The normalized spacial score (nSPS) is 22.9. The number of hydrogen-bond donors (Lipinski definition) is 1. The summed E-state index contributed by atoms with van der Waals surface area (Å²) in [5, 5.41) is 3.48. The summed E-state index contributed by atoms with van der Waals surface area (Å²) >= 11 is 0. The number of ether oxygens (including phenoxy) is 2. The zero-order chi connectivity index (χ0) is 22.8. The summed E-state index contributed by atoms with van der Waals surface area (Å²) in [5.74, 6) is 1.05. The van der Waals surface area contributed by atoms with Crippen LogP contribution >= 0.6 is 0 Å². The van der Waals surface area contributed by atoms with Crippen LogP contribution in [0.15, 0.2) is 36.5 Å². The molecular weight excluding hydrogens is 416 g/mol. The minimum atomic E-state index is 0.0233. The topological polar surface area (TPSA) is 66.9 Å². The highest BCUT2D eigenvalue weighted by Crippen LogP contribution is 2.40. The van der Waals surface area contributed by atoms with Crippen LogP contribution in [0.25, 0.3) is 0 Å². The van der Waals surface area contributed by atoms with Gasteiger partial charge in [0.05, 0.1) is 43.3 Å². The lowest BCUT2D eigenvalue weighted by atomic mass is 9.86. The Bertz CT molecular complexity index is 981. The molecule has 1 saturated carbocycles. The van der Waals surface area contributed by atoms with Gasteiger partial charge in [0.1, 0.15) is 5.82 Å². The monoisotopic (exact) mass is 450 g/mol. The highest BCUT2D eigenvalue weighted by atomic mass is 16.5. The molecule has 1 saturated heterocycles. The Hall–Kier alpha value is -2.64. The van der Waals surface area contributed by atoms with Crippen LogP contribution in [0, 0.1) is 5.92 Å². The molecule has 176 valence electrons. The molecular formula is C26H34N4O3. The van der Waals surface area contributed by atoms with E-state index in [4.69, 9.17) is 9.47 Å². The molecule has 3 heterocycles. The summed E-state index contributed by atoms with van der Waals surface area (Å²) in [6, 6.07) is 10.4. The lowest BCUT2D eigenvalue weighted by Gasteiger charge is -2.34. The van der Waals surface area contributed by atoms with E-state index in [1.807, 2.05) is 11.0 Å². The number of nitrogens with zero attached hydrogens (tertiary/aromatic N) is 3. The summed E-state index contributed by atoms with van der Waals surface area (Å²) in [5.41, 5.74) is 4.02. The zero-order valence-electron chi connectivity index (χ0n) is 19.6. The van der Waals surface area contributed by atoms with Crippen LogP contribution < -0.4 is 15.1 Å². The van der Waals surface area contributed by atoms with Gasteiger partial charge < -0.3 is 24.6 Å². The second kappa shape index (κ2) is 9.69. The molecule has 2 fully saturated rings. The highest BCUT2D eigenvalue weighted by molar-refractivity contribution is 6.00. The summed E-state index contributed by atoms with van der Waals surface area (Å²) in [6.45, 7) is 7.87. The van der Waals surface area contributed by atoms with Crippen LogP contribution in [0.4, 0.5) is 22.9 Å². The van der Waals surface area contributed by atoms with Gasteiger partial charge in [-0.25, -0.2) is 4.98 Å². The van der Waals surface area contributed by atoms with Crippen molar-refractivity contribution in [2.75, 3.05) is 41.4 Å². The van der Waals surface area contributed by atoms with E-state index in [1.165, 1.54) is 0 Å². The third kappa shape index (κ3) is 4.84. The molecule has 0 radical (unpaired) electrons. The third-order valence-corrected chi connectivity index (χ3v) is 6.88.